The van der Waals surface area contributed by atoms with Crippen molar-refractivity contribution in [1.29, 1.82) is 0 Å². The zero-order chi connectivity index (χ0) is 15.5. The van der Waals surface area contributed by atoms with Gasteiger partial charge in [-0.05, 0) is 38.1 Å². The van der Waals surface area contributed by atoms with Crippen molar-refractivity contribution in [1.82, 2.24) is 9.71 Å². The number of rotatable bonds is 5. The summed E-state index contributed by atoms with van der Waals surface area (Å²) in [6.07, 6.45) is 1.61. The smallest absolute Gasteiger partial charge is 0.241 e. The average Bonchev–Trinajstić information content (AvgIpc) is 2.48. The number of aromatic nitrogens is 1. The quantitative estimate of drug-likeness (QED) is 0.860. The molecule has 0 fully saturated rings. The zero-order valence-electron chi connectivity index (χ0n) is 11.8. The second kappa shape index (κ2) is 6.15. The van der Waals surface area contributed by atoms with Crippen LogP contribution in [0.2, 0.25) is 0 Å². The van der Waals surface area contributed by atoms with Crippen LogP contribution in [0.15, 0.2) is 53.6 Å². The molecular formula is C15H16N2O3S. The van der Waals surface area contributed by atoms with Crippen LogP contribution in [0.4, 0.5) is 0 Å². The van der Waals surface area contributed by atoms with Crippen LogP contribution in [0, 0.1) is 0 Å². The Labute approximate surface area is 124 Å². The van der Waals surface area contributed by atoms with Crippen LogP contribution in [0.25, 0.3) is 0 Å². The fourth-order valence-corrected chi connectivity index (χ4v) is 3.14. The molecule has 0 saturated carbocycles. The maximum atomic E-state index is 12.3. The minimum absolute atomic E-state index is 0.0676. The molecule has 0 aliphatic rings. The highest BCUT2D eigenvalue weighted by Crippen LogP contribution is 2.16. The van der Waals surface area contributed by atoms with Gasteiger partial charge in [0.2, 0.25) is 10.0 Å². The second-order valence-corrected chi connectivity index (χ2v) is 6.40. The summed E-state index contributed by atoms with van der Waals surface area (Å²) in [5.74, 6) is -0.176. The van der Waals surface area contributed by atoms with Crippen LogP contribution in [0.5, 0.6) is 0 Å². The molecule has 1 atom stereocenters. The lowest BCUT2D eigenvalue weighted by molar-refractivity contribution is 0.101. The largest absolute Gasteiger partial charge is 0.295 e. The minimum Gasteiger partial charge on any atom is -0.295 e. The molecule has 1 N–H and O–H groups in total. The van der Waals surface area contributed by atoms with E-state index in [-0.39, 0.29) is 10.7 Å². The SMILES string of the molecule is CC(=O)c1cccc(S(=O)(=O)N[C@@H](C)c2ccccn2)c1. The van der Waals surface area contributed by atoms with Gasteiger partial charge in [-0.15, -0.1) is 0 Å². The third-order valence-corrected chi connectivity index (χ3v) is 4.55. The number of sulfonamides is 1. The standard InChI is InChI=1S/C15H16N2O3S/c1-11(15-8-3-4-9-16-15)17-21(19,20)14-7-5-6-13(10-14)12(2)18/h3-11,17H,1-2H3/t11-/m0/s1. The van der Waals surface area contributed by atoms with Gasteiger partial charge in [-0.3, -0.25) is 9.78 Å². The first kappa shape index (κ1) is 15.3. The van der Waals surface area contributed by atoms with Gasteiger partial charge in [0.25, 0.3) is 0 Å². The fraction of sp³-hybridized carbons (Fsp3) is 0.200. The van der Waals surface area contributed by atoms with Gasteiger partial charge in [0.15, 0.2) is 5.78 Å². The lowest BCUT2D eigenvalue weighted by Gasteiger charge is -2.14. The number of carbonyl (C=O) groups excluding carboxylic acids is 1. The van der Waals surface area contributed by atoms with Crippen LogP contribution in [0.1, 0.15) is 35.9 Å². The van der Waals surface area contributed by atoms with E-state index in [0.29, 0.717) is 11.3 Å². The van der Waals surface area contributed by atoms with Crippen molar-refractivity contribution in [3.05, 3.63) is 59.9 Å². The Bertz CT molecular complexity index is 743. The first-order valence-electron chi connectivity index (χ1n) is 6.44. The Morgan fingerprint density at radius 3 is 2.57 bits per heavy atom. The highest BCUT2D eigenvalue weighted by molar-refractivity contribution is 7.89. The third kappa shape index (κ3) is 3.74. The van der Waals surface area contributed by atoms with E-state index < -0.39 is 16.1 Å². The number of pyridine rings is 1. The summed E-state index contributed by atoms with van der Waals surface area (Å²) in [5.41, 5.74) is 0.993. The molecule has 2 rings (SSSR count). The van der Waals surface area contributed by atoms with Crippen molar-refractivity contribution < 1.29 is 13.2 Å². The van der Waals surface area contributed by atoms with Gasteiger partial charge in [0.05, 0.1) is 16.6 Å². The monoisotopic (exact) mass is 304 g/mol. The van der Waals surface area contributed by atoms with E-state index >= 15 is 0 Å². The number of nitrogens with zero attached hydrogens (tertiary/aromatic N) is 1. The molecule has 0 spiro atoms. The predicted octanol–water partition coefficient (Wildman–Crippen LogP) is 2.32. The summed E-state index contributed by atoms with van der Waals surface area (Å²) < 4.78 is 27.2. The molecule has 0 aliphatic heterocycles. The maximum absolute atomic E-state index is 12.3. The summed E-state index contributed by atoms with van der Waals surface area (Å²) >= 11 is 0. The number of benzene rings is 1. The van der Waals surface area contributed by atoms with Crippen molar-refractivity contribution in [2.24, 2.45) is 0 Å². The zero-order valence-corrected chi connectivity index (χ0v) is 12.6. The Kier molecular flexibility index (Phi) is 4.50. The molecule has 1 heterocycles. The fourth-order valence-electron chi connectivity index (χ4n) is 1.88. The highest BCUT2D eigenvalue weighted by Gasteiger charge is 2.19. The third-order valence-electron chi connectivity index (χ3n) is 3.01. The van der Waals surface area contributed by atoms with E-state index in [1.807, 2.05) is 0 Å². The summed E-state index contributed by atoms with van der Waals surface area (Å²) in [6, 6.07) is 10.8. The normalized spacial score (nSPS) is 12.9. The molecular weight excluding hydrogens is 288 g/mol. The molecule has 0 unspecified atom stereocenters. The summed E-state index contributed by atoms with van der Waals surface area (Å²) in [7, 11) is -3.71. The first-order chi connectivity index (χ1) is 9.90. The van der Waals surface area contributed by atoms with E-state index in [0.717, 1.165) is 0 Å². The summed E-state index contributed by atoms with van der Waals surface area (Å²) in [6.45, 7) is 3.12. The van der Waals surface area contributed by atoms with E-state index in [1.165, 1.54) is 19.1 Å². The Hall–Kier alpha value is -2.05. The van der Waals surface area contributed by atoms with Crippen LogP contribution >= 0.6 is 0 Å². The van der Waals surface area contributed by atoms with Gasteiger partial charge >= 0.3 is 0 Å². The maximum Gasteiger partial charge on any atom is 0.241 e. The van der Waals surface area contributed by atoms with Gasteiger partial charge in [0.1, 0.15) is 0 Å². The van der Waals surface area contributed by atoms with Crippen molar-refractivity contribution in [2.75, 3.05) is 0 Å². The number of ketones is 1. The molecule has 2 aromatic rings. The number of hydrogen-bond acceptors (Lipinski definition) is 4. The molecule has 110 valence electrons. The molecule has 6 heteroatoms. The second-order valence-electron chi connectivity index (χ2n) is 4.68. The van der Waals surface area contributed by atoms with E-state index in [2.05, 4.69) is 9.71 Å². The topological polar surface area (TPSA) is 76.1 Å². The molecule has 0 radical (unpaired) electrons. The molecule has 0 bridgehead atoms. The molecule has 1 aromatic carbocycles. The average molecular weight is 304 g/mol. The molecule has 0 saturated heterocycles. The lowest BCUT2D eigenvalue weighted by atomic mass is 10.2. The van der Waals surface area contributed by atoms with E-state index in [1.54, 1.807) is 43.5 Å². The molecule has 0 aliphatic carbocycles. The number of nitrogens with one attached hydrogen (secondary N) is 1. The van der Waals surface area contributed by atoms with Crippen molar-refractivity contribution >= 4 is 15.8 Å². The highest BCUT2D eigenvalue weighted by atomic mass is 32.2. The molecule has 1 aromatic heterocycles. The number of carbonyl (C=O) groups is 1. The minimum atomic E-state index is -3.71. The first-order valence-corrected chi connectivity index (χ1v) is 7.93. The van der Waals surface area contributed by atoms with Crippen LogP contribution in [-0.2, 0) is 10.0 Å². The van der Waals surface area contributed by atoms with Crippen LogP contribution in [-0.4, -0.2) is 19.2 Å². The molecule has 5 nitrogen and oxygen atoms in total. The molecule has 21 heavy (non-hydrogen) atoms. The molecule has 0 amide bonds. The summed E-state index contributed by atoms with van der Waals surface area (Å²) in [5, 5.41) is 0. The van der Waals surface area contributed by atoms with E-state index in [9.17, 15) is 13.2 Å². The Morgan fingerprint density at radius 2 is 1.95 bits per heavy atom. The van der Waals surface area contributed by atoms with Crippen LogP contribution in [0.3, 0.4) is 0 Å². The lowest BCUT2D eigenvalue weighted by Crippen LogP contribution is -2.27. The van der Waals surface area contributed by atoms with Crippen molar-refractivity contribution in [2.45, 2.75) is 24.8 Å². The Balaban J connectivity index is 2.26. The van der Waals surface area contributed by atoms with E-state index in [4.69, 9.17) is 0 Å². The van der Waals surface area contributed by atoms with Crippen LogP contribution < -0.4 is 4.72 Å². The predicted molar refractivity (Wildman–Crippen MR) is 79.4 cm³/mol. The van der Waals surface area contributed by atoms with Gasteiger partial charge in [-0.25, -0.2) is 13.1 Å². The summed E-state index contributed by atoms with van der Waals surface area (Å²) in [4.78, 5) is 15.5. The van der Waals surface area contributed by atoms with Gasteiger partial charge in [0, 0.05) is 11.8 Å². The van der Waals surface area contributed by atoms with Gasteiger partial charge < -0.3 is 0 Å². The van der Waals surface area contributed by atoms with Gasteiger partial charge in [-0.1, -0.05) is 18.2 Å². The Morgan fingerprint density at radius 1 is 1.19 bits per heavy atom. The van der Waals surface area contributed by atoms with Gasteiger partial charge in [-0.2, -0.15) is 0 Å². The number of hydrogen-bond donors (Lipinski definition) is 1. The van der Waals surface area contributed by atoms with Crippen molar-refractivity contribution in [3.63, 3.8) is 0 Å². The number of Topliss-reactive ketones (excluding diaryl/α,β-unsaturated/α-hetero) is 1. The van der Waals surface area contributed by atoms with Crippen molar-refractivity contribution in [3.8, 4) is 0 Å².